The summed E-state index contributed by atoms with van der Waals surface area (Å²) in [4.78, 5) is 2.34. The zero-order chi connectivity index (χ0) is 13.1. The van der Waals surface area contributed by atoms with Crippen molar-refractivity contribution in [2.45, 2.75) is 38.6 Å². The first-order valence-electron chi connectivity index (χ1n) is 6.80. The number of rotatable bonds is 3. The third kappa shape index (κ3) is 2.55. The molecule has 2 atom stereocenters. The standard InChI is InChI=1S/C15H24N2O/c1-11-6-4-5-7-14(11)17(2)15-10-12(18-3)8-9-13(15)16/h8-11,14H,4-7,16H2,1-3H3. The van der Waals surface area contributed by atoms with Crippen molar-refractivity contribution in [3.8, 4) is 5.75 Å². The van der Waals surface area contributed by atoms with E-state index in [1.807, 2.05) is 18.2 Å². The summed E-state index contributed by atoms with van der Waals surface area (Å²) in [7, 11) is 3.84. The minimum absolute atomic E-state index is 0.591. The molecular formula is C15H24N2O. The Morgan fingerprint density at radius 1 is 1.28 bits per heavy atom. The second-order valence-electron chi connectivity index (χ2n) is 5.36. The number of nitrogens with two attached hydrogens (primary N) is 1. The molecule has 1 aromatic rings. The number of nitrogen functional groups attached to an aromatic ring is 1. The molecule has 1 saturated carbocycles. The fourth-order valence-electron chi connectivity index (χ4n) is 3.01. The van der Waals surface area contributed by atoms with Crippen molar-refractivity contribution >= 4 is 11.4 Å². The van der Waals surface area contributed by atoms with Crippen molar-refractivity contribution in [2.24, 2.45) is 5.92 Å². The molecule has 2 rings (SSSR count). The Kier molecular flexibility index (Phi) is 4.00. The third-order valence-corrected chi connectivity index (χ3v) is 4.18. The van der Waals surface area contributed by atoms with Crippen LogP contribution in [-0.4, -0.2) is 20.2 Å². The van der Waals surface area contributed by atoms with Crippen LogP contribution in [0.5, 0.6) is 5.75 Å². The SMILES string of the molecule is COc1ccc(N)c(N(C)C2CCCCC2C)c1. The molecule has 2 N–H and O–H groups in total. The molecule has 0 aliphatic heterocycles. The molecule has 0 aromatic heterocycles. The molecule has 100 valence electrons. The zero-order valence-electron chi connectivity index (χ0n) is 11.6. The first-order valence-corrected chi connectivity index (χ1v) is 6.80. The van der Waals surface area contributed by atoms with Gasteiger partial charge >= 0.3 is 0 Å². The van der Waals surface area contributed by atoms with Gasteiger partial charge in [-0.05, 0) is 30.9 Å². The highest BCUT2D eigenvalue weighted by Gasteiger charge is 2.26. The van der Waals surface area contributed by atoms with Gasteiger partial charge in [-0.25, -0.2) is 0 Å². The molecule has 0 amide bonds. The van der Waals surface area contributed by atoms with Gasteiger partial charge in [-0.3, -0.25) is 0 Å². The van der Waals surface area contributed by atoms with Crippen molar-refractivity contribution in [3.05, 3.63) is 18.2 Å². The van der Waals surface area contributed by atoms with Crippen molar-refractivity contribution in [1.29, 1.82) is 0 Å². The maximum absolute atomic E-state index is 6.10. The molecule has 0 spiro atoms. The summed E-state index contributed by atoms with van der Waals surface area (Å²) in [6, 6.07) is 6.47. The number of benzene rings is 1. The van der Waals surface area contributed by atoms with Crippen LogP contribution in [0.2, 0.25) is 0 Å². The van der Waals surface area contributed by atoms with Crippen LogP contribution in [0.4, 0.5) is 11.4 Å². The number of hydrogen-bond acceptors (Lipinski definition) is 3. The quantitative estimate of drug-likeness (QED) is 0.834. The van der Waals surface area contributed by atoms with E-state index in [0.29, 0.717) is 6.04 Å². The van der Waals surface area contributed by atoms with Gasteiger partial charge in [0, 0.05) is 19.2 Å². The monoisotopic (exact) mass is 248 g/mol. The van der Waals surface area contributed by atoms with E-state index in [9.17, 15) is 0 Å². The molecule has 1 fully saturated rings. The van der Waals surface area contributed by atoms with Crippen LogP contribution in [0, 0.1) is 5.92 Å². The number of methoxy groups -OCH3 is 1. The minimum atomic E-state index is 0.591. The molecular weight excluding hydrogens is 224 g/mol. The normalized spacial score (nSPS) is 23.7. The average molecular weight is 248 g/mol. The highest BCUT2D eigenvalue weighted by molar-refractivity contribution is 5.69. The van der Waals surface area contributed by atoms with Crippen molar-refractivity contribution < 1.29 is 4.74 Å². The molecule has 3 nitrogen and oxygen atoms in total. The van der Waals surface area contributed by atoms with Gasteiger partial charge in [0.2, 0.25) is 0 Å². The van der Waals surface area contributed by atoms with E-state index in [1.165, 1.54) is 25.7 Å². The van der Waals surface area contributed by atoms with Gasteiger partial charge in [0.1, 0.15) is 5.75 Å². The third-order valence-electron chi connectivity index (χ3n) is 4.18. The molecule has 0 bridgehead atoms. The molecule has 1 aliphatic rings. The fraction of sp³-hybridized carbons (Fsp3) is 0.600. The summed E-state index contributed by atoms with van der Waals surface area (Å²) in [6.45, 7) is 2.34. The Balaban J connectivity index is 2.23. The summed E-state index contributed by atoms with van der Waals surface area (Å²) < 4.78 is 5.29. The number of hydrogen-bond donors (Lipinski definition) is 1. The largest absolute Gasteiger partial charge is 0.497 e. The predicted molar refractivity (Wildman–Crippen MR) is 77.2 cm³/mol. The average Bonchev–Trinajstić information content (AvgIpc) is 2.39. The molecule has 2 unspecified atom stereocenters. The number of ether oxygens (including phenoxy) is 1. The lowest BCUT2D eigenvalue weighted by Gasteiger charge is -2.38. The van der Waals surface area contributed by atoms with E-state index >= 15 is 0 Å². The molecule has 0 saturated heterocycles. The molecule has 0 heterocycles. The number of anilines is 2. The predicted octanol–water partition coefficient (Wildman–Crippen LogP) is 3.29. The van der Waals surface area contributed by atoms with E-state index in [-0.39, 0.29) is 0 Å². The smallest absolute Gasteiger partial charge is 0.121 e. The van der Waals surface area contributed by atoms with Gasteiger partial charge in [-0.15, -0.1) is 0 Å². The van der Waals surface area contributed by atoms with Gasteiger partial charge in [-0.1, -0.05) is 19.8 Å². The highest BCUT2D eigenvalue weighted by Crippen LogP contribution is 2.34. The Morgan fingerprint density at radius 2 is 2.00 bits per heavy atom. The van der Waals surface area contributed by atoms with Crippen LogP contribution in [-0.2, 0) is 0 Å². The maximum atomic E-state index is 6.10. The summed E-state index contributed by atoms with van der Waals surface area (Å²) in [5.41, 5.74) is 8.02. The van der Waals surface area contributed by atoms with E-state index in [2.05, 4.69) is 18.9 Å². The Bertz CT molecular complexity index is 405. The Labute approximate surface area is 110 Å². The van der Waals surface area contributed by atoms with Crippen molar-refractivity contribution in [1.82, 2.24) is 0 Å². The zero-order valence-corrected chi connectivity index (χ0v) is 11.6. The van der Waals surface area contributed by atoms with Gasteiger partial charge in [0.05, 0.1) is 18.5 Å². The van der Waals surface area contributed by atoms with Crippen LogP contribution in [0.1, 0.15) is 32.6 Å². The van der Waals surface area contributed by atoms with Gasteiger partial charge in [0.25, 0.3) is 0 Å². The lowest BCUT2D eigenvalue weighted by atomic mass is 9.85. The molecule has 1 aromatic carbocycles. The van der Waals surface area contributed by atoms with Crippen LogP contribution in [0.15, 0.2) is 18.2 Å². The second-order valence-corrected chi connectivity index (χ2v) is 5.36. The van der Waals surface area contributed by atoms with E-state index in [1.54, 1.807) is 7.11 Å². The van der Waals surface area contributed by atoms with Gasteiger partial charge in [-0.2, -0.15) is 0 Å². The molecule has 3 heteroatoms. The van der Waals surface area contributed by atoms with E-state index < -0.39 is 0 Å². The van der Waals surface area contributed by atoms with Gasteiger partial charge < -0.3 is 15.4 Å². The molecule has 1 aliphatic carbocycles. The van der Waals surface area contributed by atoms with Crippen LogP contribution < -0.4 is 15.4 Å². The first-order chi connectivity index (χ1) is 8.63. The topological polar surface area (TPSA) is 38.5 Å². The molecule has 18 heavy (non-hydrogen) atoms. The van der Waals surface area contributed by atoms with E-state index in [0.717, 1.165) is 23.0 Å². The summed E-state index contributed by atoms with van der Waals surface area (Å²) >= 11 is 0. The highest BCUT2D eigenvalue weighted by atomic mass is 16.5. The van der Waals surface area contributed by atoms with Gasteiger partial charge in [0.15, 0.2) is 0 Å². The lowest BCUT2D eigenvalue weighted by molar-refractivity contribution is 0.321. The minimum Gasteiger partial charge on any atom is -0.497 e. The second kappa shape index (κ2) is 5.51. The van der Waals surface area contributed by atoms with Crippen molar-refractivity contribution in [2.75, 3.05) is 24.8 Å². The maximum Gasteiger partial charge on any atom is 0.121 e. The van der Waals surface area contributed by atoms with E-state index in [4.69, 9.17) is 10.5 Å². The summed E-state index contributed by atoms with van der Waals surface area (Å²) in [6.07, 6.45) is 5.26. The molecule has 0 radical (unpaired) electrons. The van der Waals surface area contributed by atoms with Crippen molar-refractivity contribution in [3.63, 3.8) is 0 Å². The summed E-state index contributed by atoms with van der Waals surface area (Å²) in [5, 5.41) is 0. The Hall–Kier alpha value is -1.38. The number of nitrogens with zero attached hydrogens (tertiary/aromatic N) is 1. The van der Waals surface area contributed by atoms with Crippen LogP contribution in [0.3, 0.4) is 0 Å². The summed E-state index contributed by atoms with van der Waals surface area (Å²) in [5.74, 6) is 1.60. The van der Waals surface area contributed by atoms with Crippen LogP contribution in [0.25, 0.3) is 0 Å². The lowest BCUT2D eigenvalue weighted by Crippen LogP contribution is -2.39. The first kappa shape index (κ1) is 13.1. The van der Waals surface area contributed by atoms with Crippen LogP contribution >= 0.6 is 0 Å². The Morgan fingerprint density at radius 3 is 2.67 bits per heavy atom. The fourth-order valence-corrected chi connectivity index (χ4v) is 3.01.